The maximum atomic E-state index is 12.8. The van der Waals surface area contributed by atoms with Crippen LogP contribution in [0.1, 0.15) is 42.9 Å². The van der Waals surface area contributed by atoms with Crippen molar-refractivity contribution in [3.8, 4) is 5.75 Å². The fourth-order valence-corrected chi connectivity index (χ4v) is 5.00. The summed E-state index contributed by atoms with van der Waals surface area (Å²) in [6.45, 7) is 0.881. The molecule has 0 aromatic heterocycles. The number of nitrogens with zero attached hydrogens (tertiary/aromatic N) is 1. The van der Waals surface area contributed by atoms with Crippen LogP contribution < -0.4 is 10.1 Å². The number of carboxylic acids is 1. The molecule has 2 N–H and O–H groups in total. The summed E-state index contributed by atoms with van der Waals surface area (Å²) in [5, 5.41) is 12.8. The zero-order chi connectivity index (χ0) is 17.6. The van der Waals surface area contributed by atoms with Crippen molar-refractivity contribution in [3.05, 3.63) is 29.3 Å². The van der Waals surface area contributed by atoms with Gasteiger partial charge >= 0.3 is 12.0 Å². The van der Waals surface area contributed by atoms with Crippen molar-refractivity contribution in [1.29, 1.82) is 0 Å². The Morgan fingerprint density at radius 3 is 2.92 bits per heavy atom. The fraction of sp³-hybridized carbons (Fsp3) is 0.579. The number of nitrogens with one attached hydrogen (secondary N) is 1. The molecule has 6 heteroatoms. The number of aliphatic carboxylic acids is 1. The molecule has 1 aromatic carbocycles. The Balaban J connectivity index is 1.47. The Morgan fingerprint density at radius 2 is 2.20 bits per heavy atom. The van der Waals surface area contributed by atoms with Gasteiger partial charge in [0.1, 0.15) is 5.75 Å². The Morgan fingerprint density at radius 1 is 1.36 bits per heavy atom. The third-order valence-corrected chi connectivity index (χ3v) is 6.33. The van der Waals surface area contributed by atoms with E-state index in [1.165, 1.54) is 0 Å². The predicted octanol–water partition coefficient (Wildman–Crippen LogP) is 2.58. The van der Waals surface area contributed by atoms with E-state index in [1.807, 2.05) is 18.2 Å². The van der Waals surface area contributed by atoms with Gasteiger partial charge in [-0.05, 0) is 48.8 Å². The van der Waals surface area contributed by atoms with Crippen LogP contribution in [0.15, 0.2) is 18.2 Å². The number of hydrogen-bond acceptors (Lipinski definition) is 3. The van der Waals surface area contributed by atoms with Crippen LogP contribution >= 0.6 is 0 Å². The first kappa shape index (κ1) is 16.2. The molecular weight excluding hydrogens is 320 g/mol. The normalized spacial score (nSPS) is 30.0. The molecule has 1 aliphatic heterocycles. The van der Waals surface area contributed by atoms with Crippen LogP contribution in [0.4, 0.5) is 4.79 Å². The number of amides is 2. The minimum atomic E-state index is -0.749. The van der Waals surface area contributed by atoms with E-state index in [1.54, 1.807) is 12.0 Å². The Bertz CT molecular complexity index is 719. The lowest BCUT2D eigenvalue weighted by molar-refractivity contribution is -0.149. The minimum absolute atomic E-state index is 0.0289. The number of carbonyl (C=O) groups excluding carboxylic acids is 1. The number of hydrogen-bond donors (Lipinski definition) is 2. The molecule has 4 rings (SSSR count). The first-order valence-electron chi connectivity index (χ1n) is 9.00. The van der Waals surface area contributed by atoms with Crippen molar-refractivity contribution >= 4 is 12.0 Å². The number of carboxylic acid groups (broad SMARTS) is 1. The van der Waals surface area contributed by atoms with Gasteiger partial charge in [-0.2, -0.15) is 0 Å². The Labute approximate surface area is 147 Å². The molecule has 1 heterocycles. The van der Waals surface area contributed by atoms with E-state index in [0.717, 1.165) is 42.6 Å². The van der Waals surface area contributed by atoms with Crippen molar-refractivity contribution in [2.24, 2.45) is 11.3 Å². The molecule has 6 nitrogen and oxygen atoms in total. The van der Waals surface area contributed by atoms with Crippen molar-refractivity contribution in [2.75, 3.05) is 20.2 Å². The first-order valence-corrected chi connectivity index (χ1v) is 9.00. The van der Waals surface area contributed by atoms with Gasteiger partial charge in [0, 0.05) is 13.1 Å². The second kappa shape index (κ2) is 5.93. The van der Waals surface area contributed by atoms with E-state index in [4.69, 9.17) is 4.74 Å². The molecule has 3 atom stereocenters. The average molecular weight is 344 g/mol. The van der Waals surface area contributed by atoms with Crippen molar-refractivity contribution < 1.29 is 19.4 Å². The summed E-state index contributed by atoms with van der Waals surface area (Å²) < 4.78 is 5.41. The summed E-state index contributed by atoms with van der Waals surface area (Å²) >= 11 is 0. The Kier molecular flexibility index (Phi) is 3.85. The molecule has 1 saturated carbocycles. The SMILES string of the molecule is COc1cccc2c1CCC2NC(=O)N1C[C@@H]2CCC[C@@]2(C(=O)O)C1. The quantitative estimate of drug-likeness (QED) is 0.883. The van der Waals surface area contributed by atoms with Crippen LogP contribution in [0.3, 0.4) is 0 Å². The summed E-state index contributed by atoms with van der Waals surface area (Å²) in [7, 11) is 1.66. The maximum absolute atomic E-state index is 12.8. The molecule has 1 saturated heterocycles. The van der Waals surface area contributed by atoms with Gasteiger partial charge in [-0.15, -0.1) is 0 Å². The molecule has 25 heavy (non-hydrogen) atoms. The highest BCUT2D eigenvalue weighted by molar-refractivity contribution is 5.81. The fourth-order valence-electron chi connectivity index (χ4n) is 5.00. The lowest BCUT2D eigenvalue weighted by Gasteiger charge is -2.24. The van der Waals surface area contributed by atoms with Gasteiger partial charge in [-0.3, -0.25) is 4.79 Å². The van der Waals surface area contributed by atoms with Crippen LogP contribution in [0, 0.1) is 11.3 Å². The van der Waals surface area contributed by atoms with Crippen LogP contribution in [0.2, 0.25) is 0 Å². The van der Waals surface area contributed by atoms with Crippen LogP contribution in [0.5, 0.6) is 5.75 Å². The highest BCUT2D eigenvalue weighted by atomic mass is 16.5. The predicted molar refractivity (Wildman–Crippen MR) is 91.6 cm³/mol. The monoisotopic (exact) mass is 344 g/mol. The molecule has 134 valence electrons. The zero-order valence-corrected chi connectivity index (χ0v) is 14.5. The highest BCUT2D eigenvalue weighted by Gasteiger charge is 2.56. The van der Waals surface area contributed by atoms with Gasteiger partial charge in [0.05, 0.1) is 18.6 Å². The average Bonchev–Trinajstić information content (AvgIpc) is 3.27. The van der Waals surface area contributed by atoms with Crippen molar-refractivity contribution in [3.63, 3.8) is 0 Å². The summed E-state index contributed by atoms with van der Waals surface area (Å²) in [6, 6.07) is 5.76. The van der Waals surface area contributed by atoms with Gasteiger partial charge in [-0.1, -0.05) is 18.6 Å². The number of benzene rings is 1. The van der Waals surface area contributed by atoms with Gasteiger partial charge in [0.25, 0.3) is 0 Å². The summed E-state index contributed by atoms with van der Waals surface area (Å²) in [5.74, 6) is 0.211. The van der Waals surface area contributed by atoms with Gasteiger partial charge in [0.2, 0.25) is 0 Å². The van der Waals surface area contributed by atoms with Crippen LogP contribution in [-0.2, 0) is 11.2 Å². The van der Waals surface area contributed by atoms with E-state index in [2.05, 4.69) is 5.32 Å². The third-order valence-electron chi connectivity index (χ3n) is 6.33. The zero-order valence-electron chi connectivity index (χ0n) is 14.5. The molecule has 2 fully saturated rings. The lowest BCUT2D eigenvalue weighted by Crippen LogP contribution is -2.42. The number of methoxy groups -OCH3 is 1. The second-order valence-electron chi connectivity index (χ2n) is 7.50. The number of ether oxygens (including phenoxy) is 1. The van der Waals surface area contributed by atoms with E-state index < -0.39 is 11.4 Å². The summed E-state index contributed by atoms with van der Waals surface area (Å²) in [4.78, 5) is 26.2. The smallest absolute Gasteiger partial charge is 0.317 e. The number of fused-ring (bicyclic) bond motifs is 2. The molecule has 2 amide bonds. The van der Waals surface area contributed by atoms with E-state index >= 15 is 0 Å². The molecule has 0 bridgehead atoms. The summed E-state index contributed by atoms with van der Waals surface area (Å²) in [6.07, 6.45) is 4.26. The first-order chi connectivity index (χ1) is 12.0. The number of rotatable bonds is 3. The molecule has 1 aromatic rings. The van der Waals surface area contributed by atoms with E-state index in [9.17, 15) is 14.7 Å². The molecule has 2 aliphatic carbocycles. The van der Waals surface area contributed by atoms with Gasteiger partial charge in [0.15, 0.2) is 0 Å². The largest absolute Gasteiger partial charge is 0.496 e. The topological polar surface area (TPSA) is 78.9 Å². The van der Waals surface area contributed by atoms with Crippen LogP contribution in [-0.4, -0.2) is 42.2 Å². The number of carbonyl (C=O) groups is 2. The van der Waals surface area contributed by atoms with Gasteiger partial charge < -0.3 is 20.1 Å². The van der Waals surface area contributed by atoms with Crippen LogP contribution in [0.25, 0.3) is 0 Å². The number of urea groups is 1. The molecule has 0 radical (unpaired) electrons. The van der Waals surface area contributed by atoms with Crippen molar-refractivity contribution in [2.45, 2.75) is 38.1 Å². The van der Waals surface area contributed by atoms with E-state index in [0.29, 0.717) is 19.5 Å². The number of likely N-dealkylation sites (tertiary alicyclic amines) is 1. The second-order valence-corrected chi connectivity index (χ2v) is 7.50. The standard InChI is InChI=1S/C19H24N2O4/c1-25-16-6-2-5-13-14(16)7-8-15(13)20-18(24)21-10-12-4-3-9-19(12,11-21)17(22)23/h2,5-6,12,15H,3-4,7-11H2,1H3,(H,20,24)(H,22,23)/t12-,15?,19+/m0/s1. The minimum Gasteiger partial charge on any atom is -0.496 e. The molecular formula is C19H24N2O4. The summed E-state index contributed by atoms with van der Waals surface area (Å²) in [5.41, 5.74) is 1.55. The van der Waals surface area contributed by atoms with Gasteiger partial charge in [-0.25, -0.2) is 4.79 Å². The highest BCUT2D eigenvalue weighted by Crippen LogP contribution is 2.49. The lowest BCUT2D eigenvalue weighted by atomic mass is 9.81. The molecule has 0 spiro atoms. The molecule has 3 aliphatic rings. The van der Waals surface area contributed by atoms with Crippen molar-refractivity contribution in [1.82, 2.24) is 10.2 Å². The molecule has 1 unspecified atom stereocenters. The Hall–Kier alpha value is -2.24. The van der Waals surface area contributed by atoms with E-state index in [-0.39, 0.29) is 18.0 Å². The maximum Gasteiger partial charge on any atom is 0.317 e. The third kappa shape index (κ3) is 2.46.